The first kappa shape index (κ1) is 18.3. The summed E-state index contributed by atoms with van der Waals surface area (Å²) in [6, 6.07) is 14.3. The molecular formula is C26H30N2O2. The fourth-order valence-electron chi connectivity index (χ4n) is 6.98. The van der Waals surface area contributed by atoms with Crippen LogP contribution in [0, 0.1) is 17.8 Å². The van der Waals surface area contributed by atoms with Crippen LogP contribution in [0.15, 0.2) is 42.5 Å². The number of benzene rings is 2. The molecule has 0 aromatic heterocycles. The highest BCUT2D eigenvalue weighted by Crippen LogP contribution is 2.56. The van der Waals surface area contributed by atoms with Gasteiger partial charge in [0.15, 0.2) is 0 Å². The van der Waals surface area contributed by atoms with Crippen LogP contribution in [0.5, 0.6) is 5.75 Å². The fourth-order valence-corrected chi connectivity index (χ4v) is 6.98. The molecule has 0 atom stereocenters. The Morgan fingerprint density at radius 2 is 1.67 bits per heavy atom. The number of ether oxygens (including phenoxy) is 1. The van der Waals surface area contributed by atoms with Crippen molar-refractivity contribution in [2.75, 3.05) is 17.2 Å². The van der Waals surface area contributed by atoms with E-state index in [0.29, 0.717) is 6.42 Å². The Bertz CT molecular complexity index is 947. The molecule has 0 radical (unpaired) electrons. The number of carbonyl (C=O) groups is 1. The summed E-state index contributed by atoms with van der Waals surface area (Å²) in [6.07, 6.45) is 9.50. The van der Waals surface area contributed by atoms with E-state index in [2.05, 4.69) is 28.8 Å². The lowest BCUT2D eigenvalue weighted by molar-refractivity contribution is -0.115. The van der Waals surface area contributed by atoms with Gasteiger partial charge >= 0.3 is 0 Å². The van der Waals surface area contributed by atoms with Gasteiger partial charge < -0.3 is 15.4 Å². The van der Waals surface area contributed by atoms with Gasteiger partial charge in [0.2, 0.25) is 5.91 Å². The molecule has 0 spiro atoms. The maximum absolute atomic E-state index is 12.8. The van der Waals surface area contributed by atoms with Crippen molar-refractivity contribution in [3.63, 3.8) is 0 Å². The van der Waals surface area contributed by atoms with Gasteiger partial charge in [-0.2, -0.15) is 0 Å². The average Bonchev–Trinajstić information content (AvgIpc) is 3.16. The van der Waals surface area contributed by atoms with Gasteiger partial charge in [0, 0.05) is 12.0 Å². The summed E-state index contributed by atoms with van der Waals surface area (Å²) in [4.78, 5) is 12.8. The molecule has 1 heterocycles. The molecule has 4 heteroatoms. The van der Waals surface area contributed by atoms with Gasteiger partial charge in [-0.05, 0) is 85.6 Å². The van der Waals surface area contributed by atoms with E-state index in [1.54, 1.807) is 0 Å². The molecule has 4 saturated carbocycles. The van der Waals surface area contributed by atoms with E-state index in [1.807, 2.05) is 24.3 Å². The maximum Gasteiger partial charge on any atom is 0.228 e. The number of rotatable bonds is 5. The van der Waals surface area contributed by atoms with Crippen molar-refractivity contribution in [1.82, 2.24) is 0 Å². The standard InChI is InChI=1S/C26H30N2O2/c29-25(13-17-5-6-24-21(12-17)7-8-30-24)27-22-3-1-2-4-23(22)28-26-14-18-9-19(15-26)11-20(10-18)16-26/h1-6,12,18-20,28H,7-11,13-16H2,(H,27,29). The Balaban J connectivity index is 1.17. The monoisotopic (exact) mass is 402 g/mol. The van der Waals surface area contributed by atoms with Crippen LogP contribution in [-0.2, 0) is 17.6 Å². The lowest BCUT2D eigenvalue weighted by Gasteiger charge is -2.57. The number of fused-ring (bicyclic) bond motifs is 1. The second-order valence-corrected chi connectivity index (χ2v) is 10.1. The van der Waals surface area contributed by atoms with Crippen LogP contribution >= 0.6 is 0 Å². The number of carbonyl (C=O) groups excluding carboxylic acids is 1. The summed E-state index contributed by atoms with van der Waals surface area (Å²) in [5, 5.41) is 7.10. The van der Waals surface area contributed by atoms with Crippen molar-refractivity contribution in [1.29, 1.82) is 0 Å². The van der Waals surface area contributed by atoms with Crippen molar-refractivity contribution >= 4 is 17.3 Å². The average molecular weight is 403 g/mol. The number of para-hydroxylation sites is 2. The number of anilines is 2. The highest BCUT2D eigenvalue weighted by molar-refractivity contribution is 5.95. The van der Waals surface area contributed by atoms with Gasteiger partial charge in [-0.25, -0.2) is 0 Å². The molecule has 4 aliphatic carbocycles. The molecule has 7 rings (SSSR count). The Labute approximate surface area is 178 Å². The number of hydrogen-bond acceptors (Lipinski definition) is 3. The minimum Gasteiger partial charge on any atom is -0.493 e. The predicted octanol–water partition coefficient (Wildman–Crippen LogP) is 5.18. The molecule has 2 aromatic rings. The molecular weight excluding hydrogens is 372 g/mol. The summed E-state index contributed by atoms with van der Waals surface area (Å²) >= 11 is 0. The van der Waals surface area contributed by atoms with E-state index < -0.39 is 0 Å². The summed E-state index contributed by atoms with van der Waals surface area (Å²) < 4.78 is 5.58. The highest BCUT2D eigenvalue weighted by Gasteiger charge is 2.51. The van der Waals surface area contributed by atoms with Crippen molar-refractivity contribution in [3.8, 4) is 5.75 Å². The van der Waals surface area contributed by atoms with Crippen LogP contribution in [0.25, 0.3) is 0 Å². The maximum atomic E-state index is 12.8. The topological polar surface area (TPSA) is 50.4 Å². The molecule has 4 fully saturated rings. The summed E-state index contributed by atoms with van der Waals surface area (Å²) in [7, 11) is 0. The zero-order valence-corrected chi connectivity index (χ0v) is 17.5. The normalized spacial score (nSPS) is 30.6. The highest BCUT2D eigenvalue weighted by atomic mass is 16.5. The number of nitrogens with one attached hydrogen (secondary N) is 2. The largest absolute Gasteiger partial charge is 0.493 e. The minimum absolute atomic E-state index is 0.0358. The van der Waals surface area contributed by atoms with E-state index in [1.165, 1.54) is 44.1 Å². The Morgan fingerprint density at radius 3 is 2.40 bits per heavy atom. The van der Waals surface area contributed by atoms with Crippen molar-refractivity contribution in [2.45, 2.75) is 56.9 Å². The van der Waals surface area contributed by atoms with Gasteiger partial charge in [-0.15, -0.1) is 0 Å². The van der Waals surface area contributed by atoms with E-state index in [0.717, 1.165) is 53.5 Å². The molecule has 1 aliphatic heterocycles. The van der Waals surface area contributed by atoms with Gasteiger partial charge in [0.25, 0.3) is 0 Å². The smallest absolute Gasteiger partial charge is 0.228 e. The molecule has 30 heavy (non-hydrogen) atoms. The summed E-state index contributed by atoms with van der Waals surface area (Å²) in [6.45, 7) is 0.744. The quantitative estimate of drug-likeness (QED) is 0.724. The van der Waals surface area contributed by atoms with Crippen LogP contribution in [0.4, 0.5) is 11.4 Å². The van der Waals surface area contributed by atoms with E-state index >= 15 is 0 Å². The first-order chi connectivity index (χ1) is 14.6. The van der Waals surface area contributed by atoms with Crippen LogP contribution in [0.2, 0.25) is 0 Å². The molecule has 1 amide bonds. The van der Waals surface area contributed by atoms with E-state index in [4.69, 9.17) is 4.74 Å². The third kappa shape index (κ3) is 3.36. The van der Waals surface area contributed by atoms with E-state index in [9.17, 15) is 4.79 Å². The molecule has 2 N–H and O–H groups in total. The van der Waals surface area contributed by atoms with Crippen LogP contribution in [0.1, 0.15) is 49.7 Å². The molecule has 2 aromatic carbocycles. The van der Waals surface area contributed by atoms with Crippen molar-refractivity contribution in [2.24, 2.45) is 17.8 Å². The van der Waals surface area contributed by atoms with Gasteiger partial charge in [-0.1, -0.05) is 24.3 Å². The summed E-state index contributed by atoms with van der Waals surface area (Å²) in [5.41, 5.74) is 4.47. The van der Waals surface area contributed by atoms with Gasteiger partial charge in [0.1, 0.15) is 5.75 Å². The third-order valence-electron chi connectivity index (χ3n) is 7.76. The van der Waals surface area contributed by atoms with Crippen LogP contribution in [0.3, 0.4) is 0 Å². The first-order valence-electron chi connectivity index (χ1n) is 11.6. The molecule has 0 saturated heterocycles. The third-order valence-corrected chi connectivity index (χ3v) is 7.76. The zero-order chi connectivity index (χ0) is 20.1. The Hall–Kier alpha value is -2.49. The van der Waals surface area contributed by atoms with Crippen LogP contribution < -0.4 is 15.4 Å². The molecule has 156 valence electrons. The van der Waals surface area contributed by atoms with Gasteiger partial charge in [0.05, 0.1) is 24.4 Å². The SMILES string of the molecule is O=C(Cc1ccc2c(c1)CCO2)Nc1ccccc1NC12CC3CC(CC(C3)C1)C2. The van der Waals surface area contributed by atoms with E-state index in [-0.39, 0.29) is 11.4 Å². The molecule has 0 unspecified atom stereocenters. The Morgan fingerprint density at radius 1 is 0.967 bits per heavy atom. The second kappa shape index (κ2) is 7.04. The zero-order valence-electron chi connectivity index (χ0n) is 17.5. The lowest BCUT2D eigenvalue weighted by atomic mass is 9.53. The predicted molar refractivity (Wildman–Crippen MR) is 119 cm³/mol. The lowest BCUT2D eigenvalue weighted by Crippen LogP contribution is -2.54. The Kier molecular flexibility index (Phi) is 4.29. The fraction of sp³-hybridized carbons (Fsp3) is 0.500. The van der Waals surface area contributed by atoms with Crippen molar-refractivity contribution < 1.29 is 9.53 Å². The molecule has 5 aliphatic rings. The van der Waals surface area contributed by atoms with Crippen molar-refractivity contribution in [3.05, 3.63) is 53.6 Å². The second-order valence-electron chi connectivity index (χ2n) is 10.1. The molecule has 4 bridgehead atoms. The van der Waals surface area contributed by atoms with Crippen LogP contribution in [-0.4, -0.2) is 18.1 Å². The van der Waals surface area contributed by atoms with Gasteiger partial charge in [-0.3, -0.25) is 4.79 Å². The first-order valence-corrected chi connectivity index (χ1v) is 11.6. The minimum atomic E-state index is 0.0358. The number of amides is 1. The molecule has 4 nitrogen and oxygen atoms in total. The number of hydrogen-bond donors (Lipinski definition) is 2. The summed E-state index contributed by atoms with van der Waals surface area (Å²) in [5.74, 6) is 3.69.